The lowest BCUT2D eigenvalue weighted by Crippen LogP contribution is -2.03. The number of esters is 1. The van der Waals surface area contributed by atoms with Crippen molar-refractivity contribution in [1.82, 2.24) is 0 Å². The first-order valence-corrected chi connectivity index (χ1v) is 3.08. The van der Waals surface area contributed by atoms with E-state index in [9.17, 15) is 4.79 Å². The smallest absolute Gasteiger partial charge is 0.333 e. The molecule has 2 nitrogen and oxygen atoms in total. The van der Waals surface area contributed by atoms with Crippen LogP contribution in [0.5, 0.6) is 0 Å². The third kappa shape index (κ3) is 3.14. The fourth-order valence-corrected chi connectivity index (χ4v) is 0.589. The Bertz CT molecular complexity index is 120. The van der Waals surface area contributed by atoms with Crippen LogP contribution in [0.1, 0.15) is 6.42 Å². The van der Waals surface area contributed by atoms with E-state index in [2.05, 4.69) is 11.3 Å². The first-order valence-electron chi connectivity index (χ1n) is 2.54. The fraction of sp³-hybridized carbons (Fsp3) is 0.500. The maximum atomic E-state index is 10.5. The van der Waals surface area contributed by atoms with Crippen molar-refractivity contribution in [3.8, 4) is 0 Å². The second-order valence-corrected chi connectivity index (χ2v) is 1.91. The molecule has 0 aromatic carbocycles. The zero-order valence-corrected chi connectivity index (χ0v) is 6.07. The van der Waals surface area contributed by atoms with Crippen molar-refractivity contribution in [2.75, 3.05) is 13.0 Å². The molecule has 9 heavy (non-hydrogen) atoms. The van der Waals surface area contributed by atoms with Gasteiger partial charge in [-0.15, -0.1) is 11.6 Å². The summed E-state index contributed by atoms with van der Waals surface area (Å²) in [6.45, 7) is 3.46. The second-order valence-electron chi connectivity index (χ2n) is 1.53. The molecule has 0 unspecified atom stereocenters. The van der Waals surface area contributed by atoms with Gasteiger partial charge >= 0.3 is 5.97 Å². The topological polar surface area (TPSA) is 26.3 Å². The van der Waals surface area contributed by atoms with Crippen LogP contribution in [0, 0.1) is 0 Å². The molecule has 0 rings (SSSR count). The number of carbonyl (C=O) groups is 1. The van der Waals surface area contributed by atoms with Crippen LogP contribution in [0.3, 0.4) is 0 Å². The summed E-state index contributed by atoms with van der Waals surface area (Å²) in [5.74, 6) is 0.0316. The number of hydrogen-bond acceptors (Lipinski definition) is 2. The van der Waals surface area contributed by atoms with Crippen molar-refractivity contribution < 1.29 is 9.53 Å². The van der Waals surface area contributed by atoms with Gasteiger partial charge in [0.15, 0.2) is 0 Å². The van der Waals surface area contributed by atoms with E-state index in [0.29, 0.717) is 17.9 Å². The lowest BCUT2D eigenvalue weighted by Gasteiger charge is -1.97. The van der Waals surface area contributed by atoms with Gasteiger partial charge in [-0.05, 0) is 6.42 Å². The van der Waals surface area contributed by atoms with Crippen LogP contribution < -0.4 is 0 Å². The molecule has 0 fully saturated rings. The summed E-state index contributed by atoms with van der Waals surface area (Å²) in [6, 6.07) is 0. The molecule has 0 atom stereocenters. The van der Waals surface area contributed by atoms with Crippen LogP contribution in [-0.4, -0.2) is 19.0 Å². The molecule has 0 spiro atoms. The Morgan fingerprint density at radius 1 is 1.78 bits per heavy atom. The van der Waals surface area contributed by atoms with Gasteiger partial charge < -0.3 is 4.74 Å². The zero-order valence-electron chi connectivity index (χ0n) is 5.32. The van der Waals surface area contributed by atoms with Gasteiger partial charge in [-0.2, -0.15) is 0 Å². The van der Waals surface area contributed by atoms with Crippen molar-refractivity contribution in [2.24, 2.45) is 0 Å². The molecular formula is C6H9ClO2. The Kier molecular flexibility index (Phi) is 4.14. The summed E-state index contributed by atoms with van der Waals surface area (Å²) in [5, 5.41) is 0. The van der Waals surface area contributed by atoms with Gasteiger partial charge in [0.25, 0.3) is 0 Å². The maximum absolute atomic E-state index is 10.5. The summed E-state index contributed by atoms with van der Waals surface area (Å²) in [6.07, 6.45) is 0.494. The van der Waals surface area contributed by atoms with Crippen LogP contribution in [0.15, 0.2) is 12.2 Å². The van der Waals surface area contributed by atoms with Crippen molar-refractivity contribution in [1.29, 1.82) is 0 Å². The Labute approximate surface area is 59.5 Å². The van der Waals surface area contributed by atoms with E-state index < -0.39 is 0 Å². The minimum Gasteiger partial charge on any atom is -0.466 e. The summed E-state index contributed by atoms with van der Waals surface area (Å²) >= 11 is 5.33. The van der Waals surface area contributed by atoms with Gasteiger partial charge in [0.05, 0.1) is 7.11 Å². The number of halogens is 1. The lowest BCUT2D eigenvalue weighted by molar-refractivity contribution is -0.136. The first-order chi connectivity index (χ1) is 4.22. The number of hydrogen-bond donors (Lipinski definition) is 0. The van der Waals surface area contributed by atoms with Gasteiger partial charge in [0.2, 0.25) is 0 Å². The van der Waals surface area contributed by atoms with Crippen LogP contribution in [0.4, 0.5) is 0 Å². The number of carbonyl (C=O) groups excluding carboxylic acids is 1. The monoisotopic (exact) mass is 148 g/mol. The minimum atomic E-state index is -0.379. The third-order valence-electron chi connectivity index (χ3n) is 0.870. The molecule has 0 saturated heterocycles. The van der Waals surface area contributed by atoms with Crippen LogP contribution >= 0.6 is 11.6 Å². The normalized spacial score (nSPS) is 8.67. The Hall–Kier alpha value is -0.500. The molecule has 0 aliphatic carbocycles. The molecule has 0 aromatic heterocycles. The van der Waals surface area contributed by atoms with Crippen LogP contribution in [-0.2, 0) is 9.53 Å². The van der Waals surface area contributed by atoms with E-state index in [0.717, 1.165) is 0 Å². The second kappa shape index (κ2) is 4.39. The standard InChI is InChI=1S/C6H9ClO2/c1-5(3-4-7)6(8)9-2/h1,3-4H2,2H3. The highest BCUT2D eigenvalue weighted by Gasteiger charge is 2.03. The first kappa shape index (κ1) is 8.50. The minimum absolute atomic E-state index is 0.379. The van der Waals surface area contributed by atoms with E-state index in [1.54, 1.807) is 0 Å². The van der Waals surface area contributed by atoms with E-state index in [-0.39, 0.29) is 5.97 Å². The number of ether oxygens (including phenoxy) is 1. The van der Waals surface area contributed by atoms with Crippen molar-refractivity contribution in [3.63, 3.8) is 0 Å². The van der Waals surface area contributed by atoms with Crippen LogP contribution in [0.2, 0.25) is 0 Å². The lowest BCUT2D eigenvalue weighted by atomic mass is 10.2. The number of alkyl halides is 1. The van der Waals surface area contributed by atoms with Crippen LogP contribution in [0.25, 0.3) is 0 Å². The highest BCUT2D eigenvalue weighted by atomic mass is 35.5. The van der Waals surface area contributed by atoms with Gasteiger partial charge in [0, 0.05) is 11.5 Å². The quantitative estimate of drug-likeness (QED) is 0.343. The highest BCUT2D eigenvalue weighted by Crippen LogP contribution is 2.00. The number of methoxy groups -OCH3 is 1. The SMILES string of the molecule is C=C(CCCl)C(=O)OC. The molecule has 0 heterocycles. The molecule has 0 aliphatic rings. The molecular weight excluding hydrogens is 140 g/mol. The van der Waals surface area contributed by atoms with Crippen molar-refractivity contribution in [2.45, 2.75) is 6.42 Å². The summed E-state index contributed by atoms with van der Waals surface area (Å²) in [7, 11) is 1.32. The Morgan fingerprint density at radius 2 is 2.33 bits per heavy atom. The van der Waals surface area contributed by atoms with Gasteiger partial charge in [-0.25, -0.2) is 4.79 Å². The van der Waals surface area contributed by atoms with Crippen molar-refractivity contribution in [3.05, 3.63) is 12.2 Å². The molecule has 0 bridgehead atoms. The predicted octanol–water partition coefficient (Wildman–Crippen LogP) is 1.34. The Morgan fingerprint density at radius 3 is 2.67 bits per heavy atom. The molecule has 0 amide bonds. The van der Waals surface area contributed by atoms with E-state index in [1.165, 1.54) is 7.11 Å². The van der Waals surface area contributed by atoms with Gasteiger partial charge in [-0.3, -0.25) is 0 Å². The molecule has 52 valence electrons. The molecule has 3 heteroatoms. The summed E-state index contributed by atoms with van der Waals surface area (Å²) in [5.41, 5.74) is 0.424. The summed E-state index contributed by atoms with van der Waals surface area (Å²) < 4.78 is 4.37. The molecule has 0 radical (unpaired) electrons. The maximum Gasteiger partial charge on any atom is 0.333 e. The summed E-state index contributed by atoms with van der Waals surface area (Å²) in [4.78, 5) is 10.5. The molecule has 0 saturated carbocycles. The van der Waals surface area contributed by atoms with E-state index >= 15 is 0 Å². The third-order valence-corrected chi connectivity index (χ3v) is 1.06. The average Bonchev–Trinajstić information content (AvgIpc) is 1.87. The largest absolute Gasteiger partial charge is 0.466 e. The van der Waals surface area contributed by atoms with E-state index in [4.69, 9.17) is 11.6 Å². The van der Waals surface area contributed by atoms with Crippen molar-refractivity contribution >= 4 is 17.6 Å². The molecule has 0 N–H and O–H groups in total. The molecule has 0 aromatic rings. The number of rotatable bonds is 3. The fourth-order valence-electron chi connectivity index (χ4n) is 0.360. The highest BCUT2D eigenvalue weighted by molar-refractivity contribution is 6.18. The van der Waals surface area contributed by atoms with Gasteiger partial charge in [0.1, 0.15) is 0 Å². The molecule has 0 aliphatic heterocycles. The zero-order chi connectivity index (χ0) is 7.28. The van der Waals surface area contributed by atoms with E-state index in [1.807, 2.05) is 0 Å². The average molecular weight is 149 g/mol. The Balaban J connectivity index is 3.60. The predicted molar refractivity (Wildman–Crippen MR) is 36.5 cm³/mol. The van der Waals surface area contributed by atoms with Gasteiger partial charge in [-0.1, -0.05) is 6.58 Å².